The highest BCUT2D eigenvalue weighted by atomic mass is 79.9. The van der Waals surface area contributed by atoms with Crippen molar-refractivity contribution in [3.8, 4) is 11.5 Å². The molecule has 0 spiro atoms. The molecule has 0 saturated carbocycles. The predicted molar refractivity (Wildman–Crippen MR) is 76.6 cm³/mol. The Kier molecular flexibility index (Phi) is 3.85. The number of primary amides is 1. The number of nitrogens with one attached hydrogen (secondary N) is 1. The number of rotatable bonds is 3. The van der Waals surface area contributed by atoms with E-state index >= 15 is 0 Å². The van der Waals surface area contributed by atoms with Crippen molar-refractivity contribution in [3.05, 3.63) is 22.2 Å². The van der Waals surface area contributed by atoms with Gasteiger partial charge in [-0.15, -0.1) is 0 Å². The minimum absolute atomic E-state index is 0.0546. The highest BCUT2D eigenvalue weighted by molar-refractivity contribution is 9.10. The van der Waals surface area contributed by atoms with Gasteiger partial charge in [0.2, 0.25) is 12.7 Å². The number of quaternary nitrogens is 1. The van der Waals surface area contributed by atoms with Gasteiger partial charge < -0.3 is 20.1 Å². The number of carbonyl (C=O) groups is 1. The molecular weight excluding hydrogens is 324 g/mol. The van der Waals surface area contributed by atoms with E-state index in [0.29, 0.717) is 6.79 Å². The molecule has 6 heteroatoms. The first-order valence-electron chi connectivity index (χ1n) is 6.84. The van der Waals surface area contributed by atoms with Gasteiger partial charge in [0.25, 0.3) is 0 Å². The van der Waals surface area contributed by atoms with Crippen LogP contribution in [0.15, 0.2) is 16.6 Å². The first kappa shape index (κ1) is 13.7. The molecule has 1 fully saturated rings. The standard InChI is InChI=1S/C14H17BrN2O3/c15-11-6-13-12(19-8-20-13)5-10(11)7-17-3-1-9(2-4-17)14(16)18/h5-6,9H,1-4,7-8H2,(H2,16,18)/p+1. The third-order valence-electron chi connectivity index (χ3n) is 4.08. The fraction of sp³-hybridized carbons (Fsp3) is 0.500. The predicted octanol–water partition coefficient (Wildman–Crippen LogP) is 0.458. The summed E-state index contributed by atoms with van der Waals surface area (Å²) in [7, 11) is 0. The van der Waals surface area contributed by atoms with Gasteiger partial charge in [0.05, 0.1) is 13.1 Å². The van der Waals surface area contributed by atoms with Gasteiger partial charge in [0, 0.05) is 28.8 Å². The lowest BCUT2D eigenvalue weighted by atomic mass is 9.96. The Morgan fingerprint density at radius 2 is 1.95 bits per heavy atom. The van der Waals surface area contributed by atoms with Crippen molar-refractivity contribution in [2.75, 3.05) is 19.9 Å². The van der Waals surface area contributed by atoms with E-state index in [1.165, 1.54) is 10.5 Å². The van der Waals surface area contributed by atoms with Crippen molar-refractivity contribution in [2.45, 2.75) is 19.4 Å². The first-order chi connectivity index (χ1) is 9.63. The number of piperidine rings is 1. The third kappa shape index (κ3) is 2.76. The van der Waals surface area contributed by atoms with Gasteiger partial charge in [0.1, 0.15) is 6.54 Å². The van der Waals surface area contributed by atoms with Crippen molar-refractivity contribution in [2.24, 2.45) is 11.7 Å². The molecule has 0 aliphatic carbocycles. The minimum Gasteiger partial charge on any atom is -0.454 e. The highest BCUT2D eigenvalue weighted by Crippen LogP contribution is 2.36. The molecule has 2 aliphatic rings. The SMILES string of the molecule is NC(=O)C1CC[NH+](Cc2cc3c(cc2Br)OCO3)CC1. The quantitative estimate of drug-likeness (QED) is 0.839. The van der Waals surface area contributed by atoms with Crippen LogP contribution in [0.1, 0.15) is 18.4 Å². The van der Waals surface area contributed by atoms with Crippen LogP contribution in [0, 0.1) is 5.92 Å². The zero-order valence-electron chi connectivity index (χ0n) is 11.2. The van der Waals surface area contributed by atoms with Gasteiger partial charge in [0.15, 0.2) is 11.5 Å². The van der Waals surface area contributed by atoms with Crippen LogP contribution in [0.2, 0.25) is 0 Å². The van der Waals surface area contributed by atoms with Crippen LogP contribution in [-0.2, 0) is 11.3 Å². The summed E-state index contributed by atoms with van der Waals surface area (Å²) in [6.07, 6.45) is 1.76. The lowest BCUT2D eigenvalue weighted by molar-refractivity contribution is -0.919. The molecule has 2 aliphatic heterocycles. The molecule has 0 bridgehead atoms. The molecule has 108 valence electrons. The van der Waals surface area contributed by atoms with Crippen molar-refractivity contribution in [1.82, 2.24) is 0 Å². The average Bonchev–Trinajstić information content (AvgIpc) is 2.87. The van der Waals surface area contributed by atoms with E-state index in [2.05, 4.69) is 15.9 Å². The molecule has 0 aromatic heterocycles. The molecule has 2 heterocycles. The normalized spacial score (nSPS) is 24.6. The molecule has 5 nitrogen and oxygen atoms in total. The zero-order chi connectivity index (χ0) is 14.1. The summed E-state index contributed by atoms with van der Waals surface area (Å²) >= 11 is 3.59. The van der Waals surface area contributed by atoms with Gasteiger partial charge in [-0.1, -0.05) is 15.9 Å². The monoisotopic (exact) mass is 341 g/mol. The molecule has 0 unspecified atom stereocenters. The summed E-state index contributed by atoms with van der Waals surface area (Å²) in [5.41, 5.74) is 6.57. The number of hydrogen-bond donors (Lipinski definition) is 2. The van der Waals surface area contributed by atoms with Crippen LogP contribution in [0.3, 0.4) is 0 Å². The van der Waals surface area contributed by atoms with E-state index < -0.39 is 0 Å². The van der Waals surface area contributed by atoms with Crippen LogP contribution < -0.4 is 20.1 Å². The molecule has 0 radical (unpaired) electrons. The van der Waals surface area contributed by atoms with Crippen LogP contribution in [0.5, 0.6) is 11.5 Å². The zero-order valence-corrected chi connectivity index (χ0v) is 12.7. The van der Waals surface area contributed by atoms with Crippen LogP contribution >= 0.6 is 15.9 Å². The van der Waals surface area contributed by atoms with E-state index in [1.54, 1.807) is 0 Å². The van der Waals surface area contributed by atoms with E-state index in [0.717, 1.165) is 48.4 Å². The third-order valence-corrected chi connectivity index (χ3v) is 4.82. The molecule has 1 aromatic rings. The van der Waals surface area contributed by atoms with Crippen LogP contribution in [-0.4, -0.2) is 25.8 Å². The number of amides is 1. The van der Waals surface area contributed by atoms with E-state index in [9.17, 15) is 4.79 Å². The molecule has 20 heavy (non-hydrogen) atoms. The van der Waals surface area contributed by atoms with Crippen molar-refractivity contribution in [1.29, 1.82) is 0 Å². The van der Waals surface area contributed by atoms with Crippen LogP contribution in [0.4, 0.5) is 0 Å². The fourth-order valence-corrected chi connectivity index (χ4v) is 3.31. The number of ether oxygens (including phenoxy) is 2. The Bertz CT molecular complexity index is 527. The van der Waals surface area contributed by atoms with E-state index in [-0.39, 0.29) is 11.8 Å². The minimum atomic E-state index is -0.159. The summed E-state index contributed by atoms with van der Waals surface area (Å²) in [5, 5.41) is 0. The second-order valence-electron chi connectivity index (χ2n) is 5.40. The second-order valence-corrected chi connectivity index (χ2v) is 6.25. The molecule has 1 saturated heterocycles. The maximum absolute atomic E-state index is 11.2. The Morgan fingerprint density at radius 3 is 2.60 bits per heavy atom. The lowest BCUT2D eigenvalue weighted by Crippen LogP contribution is -3.11. The number of halogens is 1. The van der Waals surface area contributed by atoms with Gasteiger partial charge >= 0.3 is 0 Å². The first-order valence-corrected chi connectivity index (χ1v) is 7.63. The Labute approximate surface area is 126 Å². The summed E-state index contributed by atoms with van der Waals surface area (Å²) in [6, 6.07) is 4.01. The van der Waals surface area contributed by atoms with Gasteiger partial charge in [-0.2, -0.15) is 0 Å². The topological polar surface area (TPSA) is 66.0 Å². The van der Waals surface area contributed by atoms with Crippen molar-refractivity contribution < 1.29 is 19.2 Å². The second kappa shape index (κ2) is 5.61. The molecular formula is C14H18BrN2O3+. The Balaban J connectivity index is 1.66. The lowest BCUT2D eigenvalue weighted by Gasteiger charge is -2.28. The Hall–Kier alpha value is -1.27. The maximum atomic E-state index is 11.2. The average molecular weight is 342 g/mol. The summed E-state index contributed by atoms with van der Waals surface area (Å²) in [6.45, 7) is 3.17. The molecule has 0 atom stereocenters. The van der Waals surface area contributed by atoms with Gasteiger partial charge in [-0.25, -0.2) is 0 Å². The van der Waals surface area contributed by atoms with Crippen molar-refractivity contribution in [3.63, 3.8) is 0 Å². The largest absolute Gasteiger partial charge is 0.454 e. The summed E-state index contributed by atoms with van der Waals surface area (Å²) in [4.78, 5) is 12.7. The molecule has 1 amide bonds. The van der Waals surface area contributed by atoms with Gasteiger partial charge in [-0.05, 0) is 12.1 Å². The number of carbonyl (C=O) groups excluding carboxylic acids is 1. The smallest absolute Gasteiger partial charge is 0.231 e. The van der Waals surface area contributed by atoms with E-state index in [4.69, 9.17) is 15.2 Å². The van der Waals surface area contributed by atoms with Crippen LogP contribution in [0.25, 0.3) is 0 Å². The van der Waals surface area contributed by atoms with Crippen molar-refractivity contribution >= 4 is 21.8 Å². The maximum Gasteiger partial charge on any atom is 0.231 e. The number of benzene rings is 1. The number of hydrogen-bond acceptors (Lipinski definition) is 3. The summed E-state index contributed by atoms with van der Waals surface area (Å²) < 4.78 is 11.8. The molecule has 1 aromatic carbocycles. The van der Waals surface area contributed by atoms with Gasteiger partial charge in [-0.3, -0.25) is 4.79 Å². The molecule has 3 N–H and O–H groups in total. The Morgan fingerprint density at radius 1 is 1.30 bits per heavy atom. The highest BCUT2D eigenvalue weighted by Gasteiger charge is 2.27. The number of likely N-dealkylation sites (tertiary alicyclic amines) is 1. The van der Waals surface area contributed by atoms with E-state index in [1.807, 2.05) is 12.1 Å². The number of nitrogens with two attached hydrogens (primary N) is 1. The number of fused-ring (bicyclic) bond motifs is 1. The summed E-state index contributed by atoms with van der Waals surface area (Å²) in [5.74, 6) is 1.50. The fourth-order valence-electron chi connectivity index (χ4n) is 2.85. The molecule has 3 rings (SSSR count).